The van der Waals surface area contributed by atoms with Gasteiger partial charge in [0.2, 0.25) is 5.91 Å². The number of aryl methyl sites for hydroxylation is 1. The summed E-state index contributed by atoms with van der Waals surface area (Å²) in [5.41, 5.74) is 4.37. The maximum absolute atomic E-state index is 12.5. The van der Waals surface area contributed by atoms with Crippen molar-refractivity contribution in [3.8, 4) is 0 Å². The van der Waals surface area contributed by atoms with Crippen LogP contribution in [0.15, 0.2) is 24.4 Å². The summed E-state index contributed by atoms with van der Waals surface area (Å²) in [6.07, 6.45) is 7.95. The highest BCUT2D eigenvalue weighted by molar-refractivity contribution is 5.89. The Labute approximate surface area is 167 Å². The molecule has 5 rings (SSSR count). The summed E-state index contributed by atoms with van der Waals surface area (Å²) in [4.78, 5) is 15.1. The fourth-order valence-electron chi connectivity index (χ4n) is 5.92. The summed E-state index contributed by atoms with van der Waals surface area (Å²) in [7, 11) is 4.42. The molecule has 2 fully saturated rings. The lowest BCUT2D eigenvalue weighted by Gasteiger charge is -2.45. The third-order valence-corrected chi connectivity index (χ3v) is 7.31. The van der Waals surface area contributed by atoms with E-state index in [0.717, 1.165) is 38.9 Å². The average Bonchev–Trinajstić information content (AvgIpc) is 3.04. The molecule has 3 aliphatic rings. The molecule has 1 aromatic carbocycles. The first-order valence-corrected chi connectivity index (χ1v) is 10.9. The smallest absolute Gasteiger partial charge is 0.237 e. The van der Waals surface area contributed by atoms with Gasteiger partial charge in [-0.1, -0.05) is 18.6 Å². The van der Waals surface area contributed by atoms with Gasteiger partial charge in [-0.15, -0.1) is 0 Å². The van der Waals surface area contributed by atoms with E-state index in [4.69, 9.17) is 0 Å². The number of hydrogen-bond acceptors (Lipinski definition) is 3. The number of nitrogens with one attached hydrogen (secondary N) is 2. The Morgan fingerprint density at radius 3 is 3.00 bits per heavy atom. The van der Waals surface area contributed by atoms with E-state index in [1.54, 1.807) is 0 Å². The van der Waals surface area contributed by atoms with Crippen LogP contribution in [0.1, 0.15) is 42.7 Å². The van der Waals surface area contributed by atoms with Gasteiger partial charge in [0, 0.05) is 49.2 Å². The van der Waals surface area contributed by atoms with Crippen molar-refractivity contribution in [2.75, 3.05) is 26.7 Å². The van der Waals surface area contributed by atoms with E-state index in [0.29, 0.717) is 17.9 Å². The fraction of sp³-hybridized carbons (Fsp3) is 0.609. The molecule has 1 amide bonds. The maximum Gasteiger partial charge on any atom is 0.237 e. The zero-order chi connectivity index (χ0) is 19.3. The van der Waals surface area contributed by atoms with Gasteiger partial charge in [-0.05, 0) is 62.4 Å². The quantitative estimate of drug-likeness (QED) is 0.860. The molecule has 2 aliphatic heterocycles. The van der Waals surface area contributed by atoms with Crippen LogP contribution in [0.25, 0.3) is 10.9 Å². The van der Waals surface area contributed by atoms with Crippen molar-refractivity contribution in [2.45, 2.75) is 50.1 Å². The molecule has 28 heavy (non-hydrogen) atoms. The largest absolute Gasteiger partial charge is 0.354 e. The van der Waals surface area contributed by atoms with Crippen molar-refractivity contribution in [3.63, 3.8) is 0 Å². The first kappa shape index (κ1) is 18.2. The molecule has 0 spiro atoms. The van der Waals surface area contributed by atoms with Crippen LogP contribution < -0.4 is 10.6 Å². The Morgan fingerprint density at radius 2 is 2.18 bits per heavy atom. The SMILES string of the molecule is CN1C[C@H](CNC(=O)C2CCCCN2)C[C@@H]2c3cccc4c3c(cn4C)C[C@H]21. The lowest BCUT2D eigenvalue weighted by Crippen LogP contribution is -2.52. The second-order valence-electron chi connectivity index (χ2n) is 9.17. The molecule has 2 aromatic rings. The Balaban J connectivity index is 1.32. The zero-order valence-electron chi connectivity index (χ0n) is 17.1. The molecule has 0 radical (unpaired) electrons. The van der Waals surface area contributed by atoms with E-state index in [9.17, 15) is 4.79 Å². The first-order valence-electron chi connectivity index (χ1n) is 10.9. The second kappa shape index (κ2) is 7.20. The van der Waals surface area contributed by atoms with Crippen molar-refractivity contribution in [1.29, 1.82) is 0 Å². The van der Waals surface area contributed by atoms with Crippen LogP contribution in [0.5, 0.6) is 0 Å². The molecule has 2 N–H and O–H groups in total. The summed E-state index contributed by atoms with van der Waals surface area (Å²) in [5.74, 6) is 1.27. The van der Waals surface area contributed by atoms with Crippen LogP contribution in [0.3, 0.4) is 0 Å². The Bertz CT molecular complexity index is 882. The number of hydrogen-bond donors (Lipinski definition) is 2. The number of aromatic nitrogens is 1. The molecule has 5 heteroatoms. The molecule has 1 aromatic heterocycles. The van der Waals surface area contributed by atoms with Gasteiger partial charge >= 0.3 is 0 Å². The predicted molar refractivity (Wildman–Crippen MR) is 113 cm³/mol. The molecule has 5 nitrogen and oxygen atoms in total. The third-order valence-electron chi connectivity index (χ3n) is 7.31. The van der Waals surface area contributed by atoms with E-state index in [1.165, 1.54) is 34.9 Å². The Morgan fingerprint density at radius 1 is 1.29 bits per heavy atom. The van der Waals surface area contributed by atoms with Gasteiger partial charge in [0.1, 0.15) is 0 Å². The van der Waals surface area contributed by atoms with Gasteiger partial charge < -0.3 is 20.1 Å². The van der Waals surface area contributed by atoms with E-state index >= 15 is 0 Å². The van der Waals surface area contributed by atoms with Crippen molar-refractivity contribution < 1.29 is 4.79 Å². The zero-order valence-corrected chi connectivity index (χ0v) is 17.1. The van der Waals surface area contributed by atoms with E-state index in [2.05, 4.69) is 58.6 Å². The number of piperidine rings is 2. The van der Waals surface area contributed by atoms with Crippen LogP contribution in [0, 0.1) is 5.92 Å². The number of rotatable bonds is 3. The molecule has 0 bridgehead atoms. The number of amides is 1. The second-order valence-corrected chi connectivity index (χ2v) is 9.17. The molecular weight excluding hydrogens is 348 g/mol. The van der Waals surface area contributed by atoms with Crippen molar-refractivity contribution in [2.24, 2.45) is 13.0 Å². The summed E-state index contributed by atoms with van der Waals surface area (Å²) >= 11 is 0. The number of carbonyl (C=O) groups is 1. The van der Waals surface area contributed by atoms with Gasteiger partial charge in [-0.3, -0.25) is 4.79 Å². The maximum atomic E-state index is 12.5. The van der Waals surface area contributed by atoms with Crippen molar-refractivity contribution in [3.05, 3.63) is 35.5 Å². The number of fused-ring (bicyclic) bond motifs is 2. The fourth-order valence-corrected chi connectivity index (χ4v) is 5.92. The third kappa shape index (κ3) is 3.05. The average molecular weight is 381 g/mol. The van der Waals surface area contributed by atoms with E-state index in [-0.39, 0.29) is 11.9 Å². The van der Waals surface area contributed by atoms with Gasteiger partial charge in [0.15, 0.2) is 0 Å². The van der Waals surface area contributed by atoms with Crippen molar-refractivity contribution >= 4 is 16.8 Å². The Kier molecular flexibility index (Phi) is 4.68. The van der Waals surface area contributed by atoms with Crippen LogP contribution in [0.2, 0.25) is 0 Å². The number of nitrogens with zero attached hydrogens (tertiary/aromatic N) is 2. The minimum absolute atomic E-state index is 0.0122. The monoisotopic (exact) mass is 380 g/mol. The van der Waals surface area contributed by atoms with Gasteiger partial charge in [0.25, 0.3) is 0 Å². The molecule has 1 unspecified atom stereocenters. The van der Waals surface area contributed by atoms with Gasteiger partial charge in [-0.2, -0.15) is 0 Å². The lowest BCUT2D eigenvalue weighted by molar-refractivity contribution is -0.124. The van der Waals surface area contributed by atoms with E-state index in [1.807, 2.05) is 0 Å². The number of benzene rings is 1. The molecule has 4 atom stereocenters. The van der Waals surface area contributed by atoms with Crippen LogP contribution >= 0.6 is 0 Å². The minimum Gasteiger partial charge on any atom is -0.354 e. The molecule has 1 aliphatic carbocycles. The van der Waals surface area contributed by atoms with Gasteiger partial charge in [-0.25, -0.2) is 0 Å². The highest BCUT2D eigenvalue weighted by Crippen LogP contribution is 2.44. The van der Waals surface area contributed by atoms with E-state index < -0.39 is 0 Å². The summed E-state index contributed by atoms with van der Waals surface area (Å²) in [6.45, 7) is 2.83. The molecule has 150 valence electrons. The molecule has 0 saturated carbocycles. The number of likely N-dealkylation sites (N-methyl/N-ethyl adjacent to an activating group) is 1. The summed E-state index contributed by atoms with van der Waals surface area (Å²) in [5, 5.41) is 8.10. The van der Waals surface area contributed by atoms with Gasteiger partial charge in [0.05, 0.1) is 6.04 Å². The number of carbonyl (C=O) groups excluding carboxylic acids is 1. The Hall–Kier alpha value is -1.85. The summed E-state index contributed by atoms with van der Waals surface area (Å²) in [6, 6.07) is 7.38. The predicted octanol–water partition coefficient (Wildman–Crippen LogP) is 2.40. The molecule has 2 saturated heterocycles. The van der Waals surface area contributed by atoms with Crippen molar-refractivity contribution in [1.82, 2.24) is 20.1 Å². The van der Waals surface area contributed by atoms with Crippen LogP contribution in [0.4, 0.5) is 0 Å². The number of likely N-dealkylation sites (tertiary alicyclic amines) is 1. The summed E-state index contributed by atoms with van der Waals surface area (Å²) < 4.78 is 2.28. The standard InChI is InChI=1S/C23H32N4O/c1-26-13-15(12-25-23(28)19-7-3-4-9-24-19)10-18-17-6-5-8-20-22(17)16(11-21(18)26)14-27(20)2/h5-6,8,14-15,18-19,21,24H,3-4,7,9-13H2,1-2H3,(H,25,28)/t15-,18+,19?,21+/m0/s1. The first-order chi connectivity index (χ1) is 13.6. The topological polar surface area (TPSA) is 49.3 Å². The lowest BCUT2D eigenvalue weighted by atomic mass is 9.72. The highest BCUT2D eigenvalue weighted by Gasteiger charge is 2.39. The highest BCUT2D eigenvalue weighted by atomic mass is 16.2. The molecule has 3 heterocycles. The molecular formula is C23H32N4O. The normalized spacial score (nSPS) is 30.2. The van der Waals surface area contributed by atoms with Crippen LogP contribution in [-0.2, 0) is 18.3 Å². The minimum atomic E-state index is 0.0122. The van der Waals surface area contributed by atoms with Crippen LogP contribution in [-0.4, -0.2) is 54.1 Å².